The molecule has 4 rings (SSSR count). The van der Waals surface area contributed by atoms with Gasteiger partial charge in [-0.05, 0) is 29.6 Å². The summed E-state index contributed by atoms with van der Waals surface area (Å²) in [4.78, 5) is 16.3. The van der Waals surface area contributed by atoms with E-state index in [0.717, 1.165) is 5.56 Å². The van der Waals surface area contributed by atoms with E-state index in [-0.39, 0.29) is 12.3 Å². The van der Waals surface area contributed by atoms with Gasteiger partial charge in [-0.1, -0.05) is 11.6 Å². The second-order valence-corrected chi connectivity index (χ2v) is 6.78. The fourth-order valence-electron chi connectivity index (χ4n) is 2.43. The van der Waals surface area contributed by atoms with Crippen LogP contribution in [0.5, 0.6) is 0 Å². The first-order valence-corrected chi connectivity index (χ1v) is 9.30. The third-order valence-corrected chi connectivity index (χ3v) is 4.62. The Morgan fingerprint density at radius 1 is 1.30 bits per heavy atom. The number of carbonyl (C=O) groups excluding carboxylic acids is 1. The highest BCUT2D eigenvalue weighted by Crippen LogP contribution is 2.24. The Morgan fingerprint density at radius 3 is 3.00 bits per heavy atom. The summed E-state index contributed by atoms with van der Waals surface area (Å²) in [5.41, 5.74) is 2.09. The Morgan fingerprint density at radius 2 is 2.22 bits per heavy atom. The van der Waals surface area contributed by atoms with Crippen molar-refractivity contribution in [2.45, 2.75) is 12.8 Å². The Bertz CT molecular complexity index is 1050. The minimum atomic E-state index is -0.200. The van der Waals surface area contributed by atoms with Gasteiger partial charge in [0, 0.05) is 28.8 Å². The Hall–Kier alpha value is -3.04. The van der Waals surface area contributed by atoms with Crippen molar-refractivity contribution < 1.29 is 9.21 Å². The lowest BCUT2D eigenvalue weighted by atomic mass is 10.2. The van der Waals surface area contributed by atoms with Gasteiger partial charge in [-0.2, -0.15) is 16.4 Å². The Kier molecular flexibility index (Phi) is 4.95. The summed E-state index contributed by atoms with van der Waals surface area (Å²) in [5, 5.41) is 19.3. The summed E-state index contributed by atoms with van der Waals surface area (Å²) in [6, 6.07) is 7.05. The van der Waals surface area contributed by atoms with E-state index < -0.39 is 0 Å². The molecule has 10 heteroatoms. The minimum Gasteiger partial charge on any atom is -0.421 e. The van der Waals surface area contributed by atoms with Crippen LogP contribution in [0, 0.1) is 0 Å². The quantitative estimate of drug-likeness (QED) is 0.531. The number of halogens is 1. The molecule has 0 atom stereocenters. The number of hydrogen-bond donors (Lipinski definition) is 1. The standard InChI is InChI=1S/C17H13ClN6O2S/c18-12-1-2-14(24-10-19-9-20-24)13(7-12)21-15(25)3-4-16-22-23-17(26-16)11-5-6-27-8-11/h1-2,5-10H,3-4H2,(H,21,25). The second-order valence-electron chi connectivity index (χ2n) is 5.56. The summed E-state index contributed by atoms with van der Waals surface area (Å²) >= 11 is 7.61. The van der Waals surface area contributed by atoms with Crippen molar-refractivity contribution in [2.75, 3.05) is 5.32 Å². The molecule has 0 saturated carbocycles. The monoisotopic (exact) mass is 400 g/mol. The summed E-state index contributed by atoms with van der Waals surface area (Å²) in [6.45, 7) is 0. The van der Waals surface area contributed by atoms with Crippen LogP contribution in [0.1, 0.15) is 12.3 Å². The summed E-state index contributed by atoms with van der Waals surface area (Å²) < 4.78 is 7.14. The summed E-state index contributed by atoms with van der Waals surface area (Å²) in [5.74, 6) is 0.665. The van der Waals surface area contributed by atoms with Crippen LogP contribution >= 0.6 is 22.9 Å². The van der Waals surface area contributed by atoms with Gasteiger partial charge in [0.05, 0.1) is 11.4 Å². The average Bonchev–Trinajstić information content (AvgIpc) is 3.41. The molecule has 27 heavy (non-hydrogen) atoms. The van der Waals surface area contributed by atoms with Crippen molar-refractivity contribution >= 4 is 34.5 Å². The fraction of sp³-hybridized carbons (Fsp3) is 0.118. The molecule has 0 radical (unpaired) electrons. The molecule has 0 saturated heterocycles. The predicted octanol–water partition coefficient (Wildman–Crippen LogP) is 3.60. The van der Waals surface area contributed by atoms with Gasteiger partial charge in [-0.15, -0.1) is 10.2 Å². The van der Waals surface area contributed by atoms with E-state index in [1.165, 1.54) is 6.33 Å². The third kappa shape index (κ3) is 4.04. The molecule has 1 amide bonds. The molecule has 0 unspecified atom stereocenters. The van der Waals surface area contributed by atoms with Crippen LogP contribution in [0.3, 0.4) is 0 Å². The van der Waals surface area contributed by atoms with E-state index in [9.17, 15) is 4.79 Å². The molecule has 8 nitrogen and oxygen atoms in total. The van der Waals surface area contributed by atoms with E-state index in [0.29, 0.717) is 34.6 Å². The summed E-state index contributed by atoms with van der Waals surface area (Å²) in [6.07, 6.45) is 3.49. The van der Waals surface area contributed by atoms with Crippen molar-refractivity contribution in [3.05, 3.63) is 58.6 Å². The van der Waals surface area contributed by atoms with Gasteiger partial charge in [-0.3, -0.25) is 4.79 Å². The maximum absolute atomic E-state index is 12.4. The van der Waals surface area contributed by atoms with E-state index in [4.69, 9.17) is 16.0 Å². The van der Waals surface area contributed by atoms with Crippen LogP contribution in [0.25, 0.3) is 17.1 Å². The molecule has 3 aromatic heterocycles. The van der Waals surface area contributed by atoms with Crippen molar-refractivity contribution in [3.63, 3.8) is 0 Å². The average molecular weight is 401 g/mol. The van der Waals surface area contributed by atoms with E-state index in [2.05, 4.69) is 25.6 Å². The molecule has 0 aliphatic heterocycles. The number of anilines is 1. The van der Waals surface area contributed by atoms with Gasteiger partial charge < -0.3 is 9.73 Å². The zero-order chi connectivity index (χ0) is 18.6. The maximum atomic E-state index is 12.4. The number of benzene rings is 1. The number of nitrogens with zero attached hydrogens (tertiary/aromatic N) is 5. The molecule has 1 N–H and O–H groups in total. The molecule has 0 aliphatic rings. The highest BCUT2D eigenvalue weighted by molar-refractivity contribution is 7.08. The number of aromatic nitrogens is 5. The van der Waals surface area contributed by atoms with Gasteiger partial charge in [-0.25, -0.2) is 9.67 Å². The second kappa shape index (κ2) is 7.68. The van der Waals surface area contributed by atoms with Gasteiger partial charge in [0.25, 0.3) is 0 Å². The first-order chi connectivity index (χ1) is 13.2. The number of amides is 1. The molecular weight excluding hydrogens is 388 g/mol. The maximum Gasteiger partial charge on any atom is 0.248 e. The molecule has 0 fully saturated rings. The zero-order valence-corrected chi connectivity index (χ0v) is 15.4. The van der Waals surface area contributed by atoms with Crippen molar-refractivity contribution in [3.8, 4) is 17.1 Å². The van der Waals surface area contributed by atoms with Gasteiger partial charge in [0.1, 0.15) is 12.7 Å². The summed E-state index contributed by atoms with van der Waals surface area (Å²) in [7, 11) is 0. The lowest BCUT2D eigenvalue weighted by Gasteiger charge is -2.11. The topological polar surface area (TPSA) is 98.7 Å². The smallest absolute Gasteiger partial charge is 0.248 e. The van der Waals surface area contributed by atoms with Crippen molar-refractivity contribution in [2.24, 2.45) is 0 Å². The van der Waals surface area contributed by atoms with Crippen LogP contribution in [0.15, 0.2) is 52.1 Å². The normalized spacial score (nSPS) is 10.9. The van der Waals surface area contributed by atoms with Crippen LogP contribution in [-0.4, -0.2) is 30.9 Å². The van der Waals surface area contributed by atoms with Crippen molar-refractivity contribution in [1.82, 2.24) is 25.0 Å². The lowest BCUT2D eigenvalue weighted by Crippen LogP contribution is -2.14. The van der Waals surface area contributed by atoms with Gasteiger partial charge >= 0.3 is 0 Å². The van der Waals surface area contributed by atoms with E-state index >= 15 is 0 Å². The number of carbonyl (C=O) groups is 1. The number of hydrogen-bond acceptors (Lipinski definition) is 7. The molecule has 4 aromatic rings. The zero-order valence-electron chi connectivity index (χ0n) is 13.9. The molecule has 0 aliphatic carbocycles. The molecule has 0 spiro atoms. The minimum absolute atomic E-state index is 0.189. The number of nitrogens with one attached hydrogen (secondary N) is 1. The Balaban J connectivity index is 1.42. The first-order valence-electron chi connectivity index (χ1n) is 7.98. The largest absolute Gasteiger partial charge is 0.421 e. The predicted molar refractivity (Wildman–Crippen MR) is 101 cm³/mol. The van der Waals surface area contributed by atoms with Gasteiger partial charge in [0.2, 0.25) is 17.7 Å². The number of thiophene rings is 1. The van der Waals surface area contributed by atoms with Gasteiger partial charge in [0.15, 0.2) is 0 Å². The Labute approximate surface area is 162 Å². The molecule has 136 valence electrons. The van der Waals surface area contributed by atoms with Crippen LogP contribution in [0.4, 0.5) is 5.69 Å². The van der Waals surface area contributed by atoms with Crippen LogP contribution < -0.4 is 5.32 Å². The highest BCUT2D eigenvalue weighted by Gasteiger charge is 2.13. The number of aryl methyl sites for hydroxylation is 1. The van der Waals surface area contributed by atoms with E-state index in [1.54, 1.807) is 40.5 Å². The lowest BCUT2D eigenvalue weighted by molar-refractivity contribution is -0.116. The molecule has 3 heterocycles. The van der Waals surface area contributed by atoms with E-state index in [1.807, 2.05) is 16.8 Å². The SMILES string of the molecule is O=C(CCc1nnc(-c2ccsc2)o1)Nc1cc(Cl)ccc1-n1cncn1. The third-order valence-electron chi connectivity index (χ3n) is 3.70. The molecule has 0 bridgehead atoms. The fourth-order valence-corrected chi connectivity index (χ4v) is 3.23. The molecular formula is C17H13ClN6O2S. The van der Waals surface area contributed by atoms with Crippen molar-refractivity contribution in [1.29, 1.82) is 0 Å². The first kappa shape index (κ1) is 17.4. The van der Waals surface area contributed by atoms with Crippen LogP contribution in [-0.2, 0) is 11.2 Å². The van der Waals surface area contributed by atoms with Crippen LogP contribution in [0.2, 0.25) is 5.02 Å². The molecule has 1 aromatic carbocycles. The number of rotatable bonds is 6. The highest BCUT2D eigenvalue weighted by atomic mass is 35.5.